The van der Waals surface area contributed by atoms with E-state index in [0.717, 1.165) is 6.42 Å². The van der Waals surface area contributed by atoms with Gasteiger partial charge in [0.05, 0.1) is 11.5 Å². The van der Waals surface area contributed by atoms with Crippen LogP contribution in [-0.2, 0) is 16.6 Å². The smallest absolute Gasteiger partial charge is 0.242 e. The summed E-state index contributed by atoms with van der Waals surface area (Å²) in [5, 5.41) is 9.27. The van der Waals surface area contributed by atoms with Crippen LogP contribution < -0.4 is 4.72 Å². The van der Waals surface area contributed by atoms with Crippen LogP contribution in [0.3, 0.4) is 0 Å². The first-order valence-corrected chi connectivity index (χ1v) is 8.23. The molecule has 0 unspecified atom stereocenters. The van der Waals surface area contributed by atoms with Crippen molar-refractivity contribution in [2.75, 3.05) is 6.54 Å². The van der Waals surface area contributed by atoms with E-state index >= 15 is 0 Å². The van der Waals surface area contributed by atoms with Crippen LogP contribution in [0.25, 0.3) is 0 Å². The molecule has 1 aliphatic carbocycles. The SMILES string of the molecule is CC(C)n1cc(S(=O)(=O)NCCC2CC2)cc1CO. The Hall–Kier alpha value is -0.850. The van der Waals surface area contributed by atoms with Gasteiger partial charge in [-0.3, -0.25) is 0 Å². The van der Waals surface area contributed by atoms with E-state index in [-0.39, 0.29) is 17.5 Å². The second-order valence-corrected chi connectivity index (χ2v) is 7.22. The number of rotatable bonds is 7. The molecule has 1 aromatic heterocycles. The van der Waals surface area contributed by atoms with Gasteiger partial charge >= 0.3 is 0 Å². The van der Waals surface area contributed by atoms with Crippen LogP contribution in [0.5, 0.6) is 0 Å². The zero-order valence-corrected chi connectivity index (χ0v) is 12.3. The second-order valence-electron chi connectivity index (χ2n) is 5.46. The fourth-order valence-electron chi connectivity index (χ4n) is 2.14. The maximum atomic E-state index is 12.1. The topological polar surface area (TPSA) is 71.3 Å². The van der Waals surface area contributed by atoms with E-state index in [4.69, 9.17) is 0 Å². The monoisotopic (exact) mass is 286 g/mol. The van der Waals surface area contributed by atoms with Crippen molar-refractivity contribution in [3.63, 3.8) is 0 Å². The number of hydrogen-bond donors (Lipinski definition) is 2. The Kier molecular flexibility index (Phi) is 4.32. The molecule has 1 aliphatic rings. The fraction of sp³-hybridized carbons (Fsp3) is 0.692. The van der Waals surface area contributed by atoms with E-state index < -0.39 is 10.0 Å². The molecule has 0 atom stereocenters. The van der Waals surface area contributed by atoms with Crippen molar-refractivity contribution in [3.8, 4) is 0 Å². The quantitative estimate of drug-likeness (QED) is 0.800. The highest BCUT2D eigenvalue weighted by Gasteiger charge is 2.23. The van der Waals surface area contributed by atoms with Crippen LogP contribution >= 0.6 is 0 Å². The number of hydrogen-bond acceptors (Lipinski definition) is 3. The lowest BCUT2D eigenvalue weighted by Crippen LogP contribution is -2.24. The molecule has 2 rings (SSSR count). The molecule has 19 heavy (non-hydrogen) atoms. The summed E-state index contributed by atoms with van der Waals surface area (Å²) in [6.45, 7) is 4.25. The van der Waals surface area contributed by atoms with E-state index in [2.05, 4.69) is 4.72 Å². The summed E-state index contributed by atoms with van der Waals surface area (Å²) in [5.74, 6) is 0.705. The van der Waals surface area contributed by atoms with Gasteiger partial charge in [0.1, 0.15) is 0 Å². The van der Waals surface area contributed by atoms with Gasteiger partial charge in [-0.15, -0.1) is 0 Å². The van der Waals surface area contributed by atoms with E-state index in [9.17, 15) is 13.5 Å². The van der Waals surface area contributed by atoms with Crippen LogP contribution in [0.4, 0.5) is 0 Å². The van der Waals surface area contributed by atoms with Crippen LogP contribution in [0.15, 0.2) is 17.2 Å². The highest BCUT2D eigenvalue weighted by Crippen LogP contribution is 2.31. The average molecular weight is 286 g/mol. The lowest BCUT2D eigenvalue weighted by atomic mass is 10.3. The molecule has 1 fully saturated rings. The molecule has 1 heterocycles. The highest BCUT2D eigenvalue weighted by atomic mass is 32.2. The summed E-state index contributed by atoms with van der Waals surface area (Å²) in [5.41, 5.74) is 0.623. The number of nitrogens with one attached hydrogen (secondary N) is 1. The first-order valence-electron chi connectivity index (χ1n) is 6.75. The summed E-state index contributed by atoms with van der Waals surface area (Å²) in [7, 11) is -3.46. The molecule has 0 bridgehead atoms. The van der Waals surface area contributed by atoms with Gasteiger partial charge in [0.15, 0.2) is 0 Å². The lowest BCUT2D eigenvalue weighted by molar-refractivity contribution is 0.268. The molecule has 5 nitrogen and oxygen atoms in total. The molecule has 1 saturated carbocycles. The summed E-state index contributed by atoms with van der Waals surface area (Å²) in [4.78, 5) is 0.237. The largest absolute Gasteiger partial charge is 0.390 e. The van der Waals surface area contributed by atoms with Crippen LogP contribution in [0.2, 0.25) is 0 Å². The van der Waals surface area contributed by atoms with Crippen molar-refractivity contribution < 1.29 is 13.5 Å². The maximum Gasteiger partial charge on any atom is 0.242 e. The fourth-order valence-corrected chi connectivity index (χ4v) is 3.24. The van der Waals surface area contributed by atoms with E-state index in [1.54, 1.807) is 16.8 Å². The third-order valence-electron chi connectivity index (χ3n) is 3.48. The van der Waals surface area contributed by atoms with E-state index in [0.29, 0.717) is 18.2 Å². The van der Waals surface area contributed by atoms with Crippen molar-refractivity contribution in [1.82, 2.24) is 9.29 Å². The minimum atomic E-state index is -3.46. The van der Waals surface area contributed by atoms with Gasteiger partial charge in [0.2, 0.25) is 10.0 Å². The molecule has 0 amide bonds. The molecule has 0 aromatic carbocycles. The van der Waals surface area contributed by atoms with E-state index in [1.165, 1.54) is 12.8 Å². The number of aliphatic hydroxyl groups excluding tert-OH is 1. The number of aliphatic hydroxyl groups is 1. The van der Waals surface area contributed by atoms with Gasteiger partial charge in [-0.25, -0.2) is 13.1 Å². The molecule has 6 heteroatoms. The van der Waals surface area contributed by atoms with Crippen molar-refractivity contribution in [2.45, 2.75) is 50.7 Å². The number of nitrogens with zero attached hydrogens (tertiary/aromatic N) is 1. The van der Waals surface area contributed by atoms with Gasteiger partial charge in [-0.2, -0.15) is 0 Å². The first kappa shape index (κ1) is 14.6. The second kappa shape index (κ2) is 5.64. The molecule has 0 aliphatic heterocycles. The van der Waals surface area contributed by atoms with Gasteiger partial charge in [0, 0.05) is 24.5 Å². The van der Waals surface area contributed by atoms with Crippen molar-refractivity contribution >= 4 is 10.0 Å². The summed E-state index contributed by atoms with van der Waals surface area (Å²) >= 11 is 0. The molecular formula is C13H22N2O3S. The highest BCUT2D eigenvalue weighted by molar-refractivity contribution is 7.89. The van der Waals surface area contributed by atoms with Gasteiger partial charge < -0.3 is 9.67 Å². The molecule has 1 aromatic rings. The lowest BCUT2D eigenvalue weighted by Gasteiger charge is -2.10. The molecule has 0 radical (unpaired) electrons. The third-order valence-corrected chi connectivity index (χ3v) is 4.91. The molecule has 0 saturated heterocycles. The average Bonchev–Trinajstić information content (AvgIpc) is 3.04. The minimum Gasteiger partial charge on any atom is -0.390 e. The van der Waals surface area contributed by atoms with Crippen LogP contribution in [-0.4, -0.2) is 24.6 Å². The summed E-state index contributed by atoms with van der Waals surface area (Å²) in [6, 6.07) is 1.66. The zero-order valence-electron chi connectivity index (χ0n) is 11.5. The Bertz CT molecular complexity index is 530. The Balaban J connectivity index is 2.09. The van der Waals surface area contributed by atoms with E-state index in [1.807, 2.05) is 13.8 Å². The van der Waals surface area contributed by atoms with Crippen molar-refractivity contribution in [2.24, 2.45) is 5.92 Å². The molecule has 2 N–H and O–H groups in total. The molecule has 108 valence electrons. The van der Waals surface area contributed by atoms with Crippen LogP contribution in [0, 0.1) is 5.92 Å². The minimum absolute atomic E-state index is 0.123. The molecule has 0 spiro atoms. The standard InChI is InChI=1S/C13H22N2O3S/c1-10(2)15-8-13(7-12(15)9-16)19(17,18)14-6-5-11-3-4-11/h7-8,10-11,14,16H,3-6,9H2,1-2H3. The van der Waals surface area contributed by atoms with Crippen LogP contribution in [0.1, 0.15) is 44.8 Å². The predicted molar refractivity (Wildman–Crippen MR) is 73.3 cm³/mol. The Labute approximate surface area is 114 Å². The van der Waals surface area contributed by atoms with Gasteiger partial charge in [-0.05, 0) is 32.3 Å². The zero-order chi connectivity index (χ0) is 14.0. The predicted octanol–water partition coefficient (Wildman–Crippen LogP) is 1.64. The first-order chi connectivity index (χ1) is 8.94. The van der Waals surface area contributed by atoms with Crippen molar-refractivity contribution in [3.05, 3.63) is 18.0 Å². The Morgan fingerprint density at radius 1 is 1.47 bits per heavy atom. The summed E-state index contributed by atoms with van der Waals surface area (Å²) < 4.78 is 28.7. The normalized spacial score (nSPS) is 16.2. The Morgan fingerprint density at radius 2 is 2.16 bits per heavy atom. The van der Waals surface area contributed by atoms with Gasteiger partial charge in [0.25, 0.3) is 0 Å². The molecular weight excluding hydrogens is 264 g/mol. The maximum absolute atomic E-state index is 12.1. The Morgan fingerprint density at radius 3 is 2.63 bits per heavy atom. The number of aromatic nitrogens is 1. The van der Waals surface area contributed by atoms with Crippen molar-refractivity contribution in [1.29, 1.82) is 0 Å². The third kappa shape index (κ3) is 3.58. The van der Waals surface area contributed by atoms with Gasteiger partial charge in [-0.1, -0.05) is 12.8 Å². The number of sulfonamides is 1. The summed E-state index contributed by atoms with van der Waals surface area (Å²) in [6.07, 6.45) is 4.95.